The lowest BCUT2D eigenvalue weighted by Gasteiger charge is -2.00. The van der Waals surface area contributed by atoms with Crippen LogP contribution in [0.25, 0.3) is 6.08 Å². The Morgan fingerprint density at radius 1 is 1.10 bits per heavy atom. The number of nitrogen functional groups attached to an aromatic ring is 1. The maximum Gasteiger partial charge on any atom is 0.166 e. The van der Waals surface area contributed by atoms with Crippen LogP contribution in [-0.2, 0) is 0 Å². The number of carbonyl (C=O) groups excluding carboxylic acids is 1. The first-order valence-corrected chi connectivity index (χ1v) is 6.38. The lowest BCUT2D eigenvalue weighted by molar-refractivity contribution is 0.0996. The molecule has 2 aromatic rings. The molecule has 2 N–H and O–H groups in total. The first kappa shape index (κ1) is 13.9. The number of rotatable bonds is 5. The van der Waals surface area contributed by atoms with E-state index in [1.54, 1.807) is 31.4 Å². The van der Waals surface area contributed by atoms with E-state index in [0.717, 1.165) is 11.3 Å². The fourth-order valence-electron chi connectivity index (χ4n) is 1.80. The molecule has 0 heterocycles. The number of Topliss-reactive ketones (excluding diaryl/α,β-unsaturated/α-hetero) is 1. The highest BCUT2D eigenvalue weighted by Gasteiger charge is 2.02. The standard InChI is InChI=1S/C17H17NO2/c1-20-16-11-5-13(6-12-16)3-2-4-17(19)14-7-9-15(18)10-8-14/h2-3,5-12H,4,18H2,1H3. The van der Waals surface area contributed by atoms with Crippen LogP contribution < -0.4 is 10.5 Å². The molecule has 3 heteroatoms. The van der Waals surface area contributed by atoms with Gasteiger partial charge in [-0.05, 0) is 42.0 Å². The predicted octanol–water partition coefficient (Wildman–Crippen LogP) is 3.56. The van der Waals surface area contributed by atoms with E-state index in [2.05, 4.69) is 0 Å². The molecule has 3 nitrogen and oxygen atoms in total. The summed E-state index contributed by atoms with van der Waals surface area (Å²) in [5.74, 6) is 0.898. The summed E-state index contributed by atoms with van der Waals surface area (Å²) in [5, 5.41) is 0. The zero-order valence-electron chi connectivity index (χ0n) is 11.4. The Morgan fingerprint density at radius 2 is 1.75 bits per heavy atom. The largest absolute Gasteiger partial charge is 0.497 e. The van der Waals surface area contributed by atoms with Gasteiger partial charge in [0.1, 0.15) is 5.75 Å². The molecule has 0 aliphatic rings. The highest BCUT2D eigenvalue weighted by molar-refractivity contribution is 5.97. The Kier molecular flexibility index (Phi) is 4.56. The number of anilines is 1. The second kappa shape index (κ2) is 6.57. The van der Waals surface area contributed by atoms with Crippen molar-refractivity contribution < 1.29 is 9.53 Å². The van der Waals surface area contributed by atoms with Crippen LogP contribution in [0.3, 0.4) is 0 Å². The van der Waals surface area contributed by atoms with Crippen molar-refractivity contribution in [3.8, 4) is 5.75 Å². The molecule has 0 aliphatic carbocycles. The van der Waals surface area contributed by atoms with Gasteiger partial charge in [0.2, 0.25) is 0 Å². The number of methoxy groups -OCH3 is 1. The van der Waals surface area contributed by atoms with Crippen molar-refractivity contribution >= 4 is 17.5 Å². The minimum Gasteiger partial charge on any atom is -0.497 e. The average Bonchev–Trinajstić information content (AvgIpc) is 2.48. The maximum absolute atomic E-state index is 11.9. The van der Waals surface area contributed by atoms with Gasteiger partial charge >= 0.3 is 0 Å². The quantitative estimate of drug-likeness (QED) is 0.665. The third-order valence-electron chi connectivity index (χ3n) is 2.96. The molecule has 0 atom stereocenters. The second-order valence-corrected chi connectivity index (χ2v) is 4.42. The minimum absolute atomic E-state index is 0.0785. The number of nitrogens with two attached hydrogens (primary N) is 1. The van der Waals surface area contributed by atoms with Crippen molar-refractivity contribution in [2.75, 3.05) is 12.8 Å². The van der Waals surface area contributed by atoms with Gasteiger partial charge in [0.25, 0.3) is 0 Å². The summed E-state index contributed by atoms with van der Waals surface area (Å²) < 4.78 is 5.09. The molecule has 0 bridgehead atoms. The average molecular weight is 267 g/mol. The van der Waals surface area contributed by atoms with E-state index >= 15 is 0 Å². The Hall–Kier alpha value is -2.55. The molecular weight excluding hydrogens is 250 g/mol. The molecule has 0 aliphatic heterocycles. The molecule has 0 unspecified atom stereocenters. The van der Waals surface area contributed by atoms with E-state index in [4.69, 9.17) is 10.5 Å². The van der Waals surface area contributed by atoms with E-state index in [1.165, 1.54) is 0 Å². The number of hydrogen-bond acceptors (Lipinski definition) is 3. The van der Waals surface area contributed by atoms with Crippen LogP contribution in [0.15, 0.2) is 54.6 Å². The van der Waals surface area contributed by atoms with Gasteiger partial charge in [0.05, 0.1) is 7.11 Å². The third kappa shape index (κ3) is 3.72. The number of allylic oxidation sites excluding steroid dienone is 1. The van der Waals surface area contributed by atoms with Crippen LogP contribution in [0.5, 0.6) is 5.75 Å². The Balaban J connectivity index is 1.95. The van der Waals surface area contributed by atoms with Crippen molar-refractivity contribution in [2.24, 2.45) is 0 Å². The summed E-state index contributed by atoms with van der Waals surface area (Å²) in [4.78, 5) is 11.9. The number of benzene rings is 2. The SMILES string of the molecule is COc1ccc(C=CCC(=O)c2ccc(N)cc2)cc1. The molecule has 0 amide bonds. The zero-order chi connectivity index (χ0) is 14.4. The first-order chi connectivity index (χ1) is 9.69. The number of hydrogen-bond donors (Lipinski definition) is 1. The van der Waals surface area contributed by atoms with Crippen LogP contribution in [0.4, 0.5) is 5.69 Å². The molecule has 0 radical (unpaired) electrons. The molecule has 0 aromatic heterocycles. The molecule has 0 saturated heterocycles. The van der Waals surface area contributed by atoms with Crippen LogP contribution in [-0.4, -0.2) is 12.9 Å². The number of ketones is 1. The van der Waals surface area contributed by atoms with Gasteiger partial charge in [0, 0.05) is 17.7 Å². The van der Waals surface area contributed by atoms with E-state index < -0.39 is 0 Å². The van der Waals surface area contributed by atoms with Crippen molar-refractivity contribution in [3.05, 3.63) is 65.7 Å². The molecular formula is C17H17NO2. The van der Waals surface area contributed by atoms with Crippen molar-refractivity contribution in [1.29, 1.82) is 0 Å². The van der Waals surface area contributed by atoms with Crippen LogP contribution >= 0.6 is 0 Å². The van der Waals surface area contributed by atoms with E-state index in [9.17, 15) is 4.79 Å². The van der Waals surface area contributed by atoms with Gasteiger partial charge in [-0.15, -0.1) is 0 Å². The van der Waals surface area contributed by atoms with Gasteiger partial charge in [-0.3, -0.25) is 4.79 Å². The van der Waals surface area contributed by atoms with Crippen molar-refractivity contribution in [3.63, 3.8) is 0 Å². The van der Waals surface area contributed by atoms with E-state index in [0.29, 0.717) is 17.7 Å². The normalized spacial score (nSPS) is 10.7. The van der Waals surface area contributed by atoms with Crippen molar-refractivity contribution in [1.82, 2.24) is 0 Å². The van der Waals surface area contributed by atoms with Gasteiger partial charge in [-0.1, -0.05) is 24.3 Å². The molecule has 0 saturated carbocycles. The smallest absolute Gasteiger partial charge is 0.166 e. The lowest BCUT2D eigenvalue weighted by atomic mass is 10.1. The Morgan fingerprint density at radius 3 is 2.35 bits per heavy atom. The summed E-state index contributed by atoms with van der Waals surface area (Å²) in [7, 11) is 1.64. The predicted molar refractivity (Wildman–Crippen MR) is 81.8 cm³/mol. The molecule has 0 spiro atoms. The molecule has 102 valence electrons. The van der Waals surface area contributed by atoms with Gasteiger partial charge < -0.3 is 10.5 Å². The van der Waals surface area contributed by atoms with Crippen LogP contribution in [0, 0.1) is 0 Å². The van der Waals surface area contributed by atoms with Crippen molar-refractivity contribution in [2.45, 2.75) is 6.42 Å². The molecule has 2 aromatic carbocycles. The number of carbonyl (C=O) groups is 1. The zero-order valence-corrected chi connectivity index (χ0v) is 11.4. The topological polar surface area (TPSA) is 52.3 Å². The third-order valence-corrected chi connectivity index (χ3v) is 2.96. The van der Waals surface area contributed by atoms with Gasteiger partial charge in [-0.2, -0.15) is 0 Å². The summed E-state index contributed by atoms with van der Waals surface area (Å²) in [6.45, 7) is 0. The lowest BCUT2D eigenvalue weighted by Crippen LogP contribution is -1.97. The fraction of sp³-hybridized carbons (Fsp3) is 0.118. The molecule has 0 fully saturated rings. The van der Waals surface area contributed by atoms with Gasteiger partial charge in [0.15, 0.2) is 5.78 Å². The number of ether oxygens (including phenoxy) is 1. The second-order valence-electron chi connectivity index (χ2n) is 4.42. The van der Waals surface area contributed by atoms with Crippen LogP contribution in [0.1, 0.15) is 22.3 Å². The van der Waals surface area contributed by atoms with Crippen LogP contribution in [0.2, 0.25) is 0 Å². The van der Waals surface area contributed by atoms with E-state index in [-0.39, 0.29) is 5.78 Å². The summed E-state index contributed by atoms with van der Waals surface area (Å²) in [5.41, 5.74) is 7.97. The molecule has 20 heavy (non-hydrogen) atoms. The summed E-state index contributed by atoms with van der Waals surface area (Å²) in [6.07, 6.45) is 4.16. The first-order valence-electron chi connectivity index (χ1n) is 6.38. The monoisotopic (exact) mass is 267 g/mol. The Bertz CT molecular complexity index is 598. The highest BCUT2D eigenvalue weighted by atomic mass is 16.5. The van der Waals surface area contributed by atoms with E-state index in [1.807, 2.05) is 36.4 Å². The fourth-order valence-corrected chi connectivity index (χ4v) is 1.80. The summed E-state index contributed by atoms with van der Waals surface area (Å²) >= 11 is 0. The molecule has 2 rings (SSSR count). The highest BCUT2D eigenvalue weighted by Crippen LogP contribution is 2.13. The summed E-state index contributed by atoms with van der Waals surface area (Å²) in [6, 6.07) is 14.6. The Labute approximate surface area is 118 Å². The van der Waals surface area contributed by atoms with Gasteiger partial charge in [-0.25, -0.2) is 0 Å². The minimum atomic E-state index is 0.0785. The maximum atomic E-state index is 11.9.